The van der Waals surface area contributed by atoms with E-state index in [0.29, 0.717) is 18.4 Å². The summed E-state index contributed by atoms with van der Waals surface area (Å²) in [6.07, 6.45) is 1.53. The Labute approximate surface area is 159 Å². The summed E-state index contributed by atoms with van der Waals surface area (Å²) in [5.74, 6) is -1.07. The molecular formula is C18H21F3N2O5. The first-order valence-electron chi connectivity index (χ1n) is 8.98. The van der Waals surface area contributed by atoms with Crippen molar-refractivity contribution in [2.24, 2.45) is 5.92 Å². The van der Waals surface area contributed by atoms with E-state index >= 15 is 0 Å². The fourth-order valence-corrected chi connectivity index (χ4v) is 3.19. The molecule has 0 radical (unpaired) electrons. The Morgan fingerprint density at radius 2 is 1.89 bits per heavy atom. The number of rotatable bonds is 7. The van der Waals surface area contributed by atoms with Crippen molar-refractivity contribution in [2.45, 2.75) is 51.1 Å². The van der Waals surface area contributed by atoms with Gasteiger partial charge in [0.1, 0.15) is 0 Å². The molecule has 7 nitrogen and oxygen atoms in total. The second-order valence-electron chi connectivity index (χ2n) is 6.74. The summed E-state index contributed by atoms with van der Waals surface area (Å²) in [7, 11) is 0. The number of amides is 1. The number of esters is 1. The van der Waals surface area contributed by atoms with Crippen molar-refractivity contribution in [3.63, 3.8) is 0 Å². The Morgan fingerprint density at radius 1 is 1.21 bits per heavy atom. The molecule has 0 unspecified atom stereocenters. The number of nitro groups is 1. The van der Waals surface area contributed by atoms with Crippen LogP contribution >= 0.6 is 0 Å². The molecule has 0 atom stereocenters. The van der Waals surface area contributed by atoms with Gasteiger partial charge in [0.25, 0.3) is 11.6 Å². The SMILES string of the molecule is O=C(COC(=O)CCC1CCCCC1)Nc1ccc([N+](=O)[O-])cc1C(F)(F)F. The summed E-state index contributed by atoms with van der Waals surface area (Å²) in [5.41, 5.74) is -2.74. The molecule has 1 amide bonds. The van der Waals surface area contributed by atoms with Crippen molar-refractivity contribution >= 4 is 23.3 Å². The molecule has 0 bridgehead atoms. The first kappa shape index (κ1) is 21.6. The molecule has 0 aromatic heterocycles. The van der Waals surface area contributed by atoms with Crippen LogP contribution in [0.25, 0.3) is 0 Å². The predicted octanol–water partition coefficient (Wildman–Crippen LogP) is 4.46. The number of nitro benzene ring substituents is 1. The summed E-state index contributed by atoms with van der Waals surface area (Å²) >= 11 is 0. The van der Waals surface area contributed by atoms with E-state index in [2.05, 4.69) is 0 Å². The first-order chi connectivity index (χ1) is 13.2. The van der Waals surface area contributed by atoms with E-state index in [4.69, 9.17) is 4.74 Å². The maximum absolute atomic E-state index is 13.1. The van der Waals surface area contributed by atoms with E-state index in [0.717, 1.165) is 37.8 Å². The van der Waals surface area contributed by atoms with E-state index in [9.17, 15) is 32.9 Å². The van der Waals surface area contributed by atoms with Gasteiger partial charge in [-0.25, -0.2) is 0 Å². The Kier molecular flexibility index (Phi) is 7.36. The molecular weight excluding hydrogens is 381 g/mol. The van der Waals surface area contributed by atoms with Crippen LogP contribution in [-0.4, -0.2) is 23.4 Å². The smallest absolute Gasteiger partial charge is 0.418 e. The number of carbonyl (C=O) groups excluding carboxylic acids is 2. The predicted molar refractivity (Wildman–Crippen MR) is 93.5 cm³/mol. The van der Waals surface area contributed by atoms with Crippen LogP contribution in [0.2, 0.25) is 0 Å². The third-order valence-corrected chi connectivity index (χ3v) is 4.64. The van der Waals surface area contributed by atoms with Gasteiger partial charge >= 0.3 is 12.1 Å². The van der Waals surface area contributed by atoms with Crippen LogP contribution in [0.5, 0.6) is 0 Å². The van der Waals surface area contributed by atoms with Gasteiger partial charge in [0, 0.05) is 18.6 Å². The summed E-state index contributed by atoms with van der Waals surface area (Å²) in [5, 5.41) is 12.6. The average Bonchev–Trinajstić information content (AvgIpc) is 2.64. The zero-order chi connectivity index (χ0) is 20.7. The number of nitrogens with one attached hydrogen (secondary N) is 1. The van der Waals surface area contributed by atoms with Gasteiger partial charge in [0.05, 0.1) is 16.2 Å². The zero-order valence-corrected chi connectivity index (χ0v) is 15.1. The number of ether oxygens (including phenoxy) is 1. The number of halogens is 3. The van der Waals surface area contributed by atoms with Gasteiger partial charge < -0.3 is 10.1 Å². The molecule has 0 spiro atoms. The van der Waals surface area contributed by atoms with Gasteiger partial charge in [-0.1, -0.05) is 32.1 Å². The minimum atomic E-state index is -4.90. The van der Waals surface area contributed by atoms with Crippen molar-refractivity contribution < 1.29 is 32.4 Å². The third-order valence-electron chi connectivity index (χ3n) is 4.64. The molecule has 28 heavy (non-hydrogen) atoms. The van der Waals surface area contributed by atoms with Gasteiger partial charge in [-0.3, -0.25) is 19.7 Å². The van der Waals surface area contributed by atoms with Gasteiger partial charge in [-0.05, 0) is 18.4 Å². The minimum absolute atomic E-state index is 0.156. The molecule has 1 fully saturated rings. The summed E-state index contributed by atoms with van der Waals surface area (Å²) in [6.45, 7) is -0.724. The molecule has 1 aromatic rings. The number of carbonyl (C=O) groups is 2. The molecule has 1 aliphatic rings. The van der Waals surface area contributed by atoms with E-state index < -0.39 is 46.5 Å². The highest BCUT2D eigenvalue weighted by molar-refractivity contribution is 5.93. The average molecular weight is 402 g/mol. The first-order valence-corrected chi connectivity index (χ1v) is 8.98. The lowest BCUT2D eigenvalue weighted by molar-refractivity contribution is -0.385. The van der Waals surface area contributed by atoms with Crippen molar-refractivity contribution in [1.82, 2.24) is 0 Å². The van der Waals surface area contributed by atoms with Gasteiger partial charge in [-0.15, -0.1) is 0 Å². The molecule has 10 heteroatoms. The standard InChI is InChI=1S/C18H21F3N2O5/c19-18(20,21)14-10-13(23(26)27)7-8-15(14)22-16(24)11-28-17(25)9-6-12-4-2-1-3-5-12/h7-8,10,12H,1-6,9,11H2,(H,22,24). The van der Waals surface area contributed by atoms with Crippen molar-refractivity contribution in [1.29, 1.82) is 0 Å². The Morgan fingerprint density at radius 3 is 2.50 bits per heavy atom. The molecule has 1 N–H and O–H groups in total. The van der Waals surface area contributed by atoms with Crippen LogP contribution in [0.3, 0.4) is 0 Å². The number of hydrogen-bond donors (Lipinski definition) is 1. The van der Waals surface area contributed by atoms with E-state index in [1.807, 2.05) is 5.32 Å². The molecule has 1 aliphatic carbocycles. The highest BCUT2D eigenvalue weighted by Crippen LogP contribution is 2.37. The number of benzene rings is 1. The maximum Gasteiger partial charge on any atom is 0.418 e. The molecule has 154 valence electrons. The number of nitrogens with zero attached hydrogens (tertiary/aromatic N) is 1. The van der Waals surface area contributed by atoms with Crippen LogP contribution in [0.15, 0.2) is 18.2 Å². The van der Waals surface area contributed by atoms with E-state index in [1.165, 1.54) is 6.42 Å². The highest BCUT2D eigenvalue weighted by atomic mass is 19.4. The topological polar surface area (TPSA) is 98.5 Å². The fourth-order valence-electron chi connectivity index (χ4n) is 3.19. The molecule has 0 saturated heterocycles. The summed E-state index contributed by atoms with van der Waals surface area (Å²) < 4.78 is 44.0. The van der Waals surface area contributed by atoms with Crippen molar-refractivity contribution in [3.8, 4) is 0 Å². The zero-order valence-electron chi connectivity index (χ0n) is 15.1. The van der Waals surface area contributed by atoms with E-state index in [-0.39, 0.29) is 6.42 Å². The lowest BCUT2D eigenvalue weighted by Crippen LogP contribution is -2.23. The Hall–Kier alpha value is -2.65. The molecule has 0 aliphatic heterocycles. The summed E-state index contributed by atoms with van der Waals surface area (Å²) in [4.78, 5) is 33.3. The van der Waals surface area contributed by atoms with Gasteiger partial charge in [0.2, 0.25) is 0 Å². The molecule has 2 rings (SSSR count). The van der Waals surface area contributed by atoms with Crippen LogP contribution in [0.1, 0.15) is 50.5 Å². The third kappa shape index (κ3) is 6.50. The number of anilines is 1. The monoisotopic (exact) mass is 402 g/mol. The molecule has 1 aromatic carbocycles. The summed E-state index contributed by atoms with van der Waals surface area (Å²) in [6, 6.07) is 1.98. The Bertz CT molecular complexity index is 730. The maximum atomic E-state index is 13.1. The van der Waals surface area contributed by atoms with Crippen LogP contribution in [0.4, 0.5) is 24.5 Å². The fraction of sp³-hybridized carbons (Fsp3) is 0.556. The van der Waals surface area contributed by atoms with Crippen molar-refractivity contribution in [3.05, 3.63) is 33.9 Å². The second-order valence-corrected chi connectivity index (χ2v) is 6.74. The lowest BCUT2D eigenvalue weighted by atomic mass is 9.86. The number of hydrogen-bond acceptors (Lipinski definition) is 5. The highest BCUT2D eigenvalue weighted by Gasteiger charge is 2.35. The largest absolute Gasteiger partial charge is 0.456 e. The molecule has 1 saturated carbocycles. The number of alkyl halides is 3. The lowest BCUT2D eigenvalue weighted by Gasteiger charge is -2.20. The van der Waals surface area contributed by atoms with Gasteiger partial charge in [-0.2, -0.15) is 13.2 Å². The van der Waals surface area contributed by atoms with Crippen LogP contribution in [0, 0.1) is 16.0 Å². The minimum Gasteiger partial charge on any atom is -0.456 e. The van der Waals surface area contributed by atoms with Crippen LogP contribution in [-0.2, 0) is 20.5 Å². The van der Waals surface area contributed by atoms with Crippen molar-refractivity contribution in [2.75, 3.05) is 11.9 Å². The Balaban J connectivity index is 1.88. The molecule has 0 heterocycles. The van der Waals surface area contributed by atoms with Crippen LogP contribution < -0.4 is 5.32 Å². The normalized spacial score (nSPS) is 15.1. The second kappa shape index (κ2) is 9.52. The van der Waals surface area contributed by atoms with E-state index in [1.54, 1.807) is 0 Å². The number of non-ortho nitro benzene ring substituents is 1. The quantitative estimate of drug-likeness (QED) is 0.413. The van der Waals surface area contributed by atoms with Gasteiger partial charge in [0.15, 0.2) is 6.61 Å².